The Morgan fingerprint density at radius 2 is 1.83 bits per heavy atom. The van der Waals surface area contributed by atoms with Crippen molar-refractivity contribution in [1.82, 2.24) is 10.7 Å². The number of halogens is 1. The maximum Gasteiger partial charge on any atom is 0.329 e. The molecule has 0 radical (unpaired) electrons. The number of benzene rings is 2. The van der Waals surface area contributed by atoms with Crippen LogP contribution in [0.4, 0.5) is 0 Å². The second-order valence-electron chi connectivity index (χ2n) is 6.63. The molecule has 7 nitrogen and oxygen atoms in total. The van der Waals surface area contributed by atoms with Crippen molar-refractivity contribution in [2.75, 3.05) is 13.7 Å². The van der Waals surface area contributed by atoms with E-state index in [0.717, 1.165) is 5.56 Å². The summed E-state index contributed by atoms with van der Waals surface area (Å²) >= 11 is 5.88. The molecule has 0 atom stereocenters. The van der Waals surface area contributed by atoms with Crippen molar-refractivity contribution >= 4 is 29.6 Å². The first-order valence-electron chi connectivity index (χ1n) is 9.05. The summed E-state index contributed by atoms with van der Waals surface area (Å²) in [5, 5.41) is 6.99. The van der Waals surface area contributed by atoms with E-state index >= 15 is 0 Å². The van der Waals surface area contributed by atoms with Crippen LogP contribution in [0.5, 0.6) is 11.5 Å². The maximum atomic E-state index is 11.7. The molecule has 2 aromatic carbocycles. The van der Waals surface area contributed by atoms with Gasteiger partial charge >= 0.3 is 11.8 Å². The van der Waals surface area contributed by atoms with Crippen LogP contribution in [0.3, 0.4) is 0 Å². The number of nitrogens with zero attached hydrogens (tertiary/aromatic N) is 1. The lowest BCUT2D eigenvalue weighted by molar-refractivity contribution is -0.139. The Morgan fingerprint density at radius 1 is 1.10 bits per heavy atom. The molecule has 0 aliphatic carbocycles. The Morgan fingerprint density at radius 3 is 2.48 bits per heavy atom. The number of hydrazone groups is 1. The molecule has 0 saturated carbocycles. The van der Waals surface area contributed by atoms with Crippen molar-refractivity contribution in [2.24, 2.45) is 11.0 Å². The van der Waals surface area contributed by atoms with Crippen LogP contribution in [0.1, 0.15) is 25.0 Å². The first-order chi connectivity index (χ1) is 13.9. The molecule has 0 fully saturated rings. The summed E-state index contributed by atoms with van der Waals surface area (Å²) in [6.07, 6.45) is 1.42. The van der Waals surface area contributed by atoms with Gasteiger partial charge in [-0.2, -0.15) is 5.10 Å². The molecule has 0 aliphatic rings. The summed E-state index contributed by atoms with van der Waals surface area (Å²) in [7, 11) is 1.53. The van der Waals surface area contributed by atoms with Crippen molar-refractivity contribution in [1.29, 1.82) is 0 Å². The number of hydrogen-bond donors (Lipinski definition) is 2. The molecule has 0 aromatic heterocycles. The number of ether oxygens (including phenoxy) is 2. The zero-order chi connectivity index (χ0) is 21.2. The molecule has 154 valence electrons. The van der Waals surface area contributed by atoms with Crippen LogP contribution >= 0.6 is 11.6 Å². The van der Waals surface area contributed by atoms with E-state index in [2.05, 4.69) is 15.8 Å². The van der Waals surface area contributed by atoms with E-state index in [-0.39, 0.29) is 5.92 Å². The fourth-order valence-corrected chi connectivity index (χ4v) is 2.34. The Kier molecular flexibility index (Phi) is 8.48. The third kappa shape index (κ3) is 7.46. The van der Waals surface area contributed by atoms with Gasteiger partial charge in [0, 0.05) is 11.6 Å². The molecule has 2 rings (SSSR count). The third-order valence-corrected chi connectivity index (χ3v) is 4.00. The van der Waals surface area contributed by atoms with Crippen molar-refractivity contribution in [2.45, 2.75) is 20.5 Å². The lowest BCUT2D eigenvalue weighted by Crippen LogP contribution is -2.39. The van der Waals surface area contributed by atoms with Crippen LogP contribution < -0.4 is 20.2 Å². The zero-order valence-corrected chi connectivity index (χ0v) is 17.3. The minimum Gasteiger partial charge on any atom is -0.493 e. The molecule has 29 heavy (non-hydrogen) atoms. The van der Waals surface area contributed by atoms with E-state index in [1.54, 1.807) is 30.3 Å². The van der Waals surface area contributed by atoms with Gasteiger partial charge in [-0.3, -0.25) is 9.59 Å². The van der Waals surface area contributed by atoms with Gasteiger partial charge in [0.2, 0.25) is 0 Å². The smallest absolute Gasteiger partial charge is 0.329 e. The molecule has 0 bridgehead atoms. The summed E-state index contributed by atoms with van der Waals surface area (Å²) in [6.45, 7) is 4.66. The van der Waals surface area contributed by atoms with E-state index in [0.29, 0.717) is 35.2 Å². The lowest BCUT2D eigenvalue weighted by Gasteiger charge is -2.11. The average Bonchev–Trinajstić information content (AvgIpc) is 2.71. The van der Waals surface area contributed by atoms with Gasteiger partial charge in [0.25, 0.3) is 0 Å². The van der Waals surface area contributed by atoms with Crippen LogP contribution in [0, 0.1) is 5.92 Å². The number of rotatable bonds is 8. The lowest BCUT2D eigenvalue weighted by atomic mass is 10.2. The molecule has 0 unspecified atom stereocenters. The van der Waals surface area contributed by atoms with Crippen molar-refractivity contribution in [3.8, 4) is 11.5 Å². The van der Waals surface area contributed by atoms with Gasteiger partial charge in [-0.15, -0.1) is 0 Å². The first kappa shape index (κ1) is 22.2. The highest BCUT2D eigenvalue weighted by Crippen LogP contribution is 2.28. The standard InChI is InChI=1S/C21H24ClN3O4/c1-14(2)11-23-20(26)21(27)25-24-12-16-6-9-18(19(10-16)28-3)29-13-15-4-7-17(22)8-5-15/h4-10,12,14H,11,13H2,1-3H3,(H,23,26)(H,25,27)/b24-12-. The molecule has 0 aliphatic heterocycles. The van der Waals surface area contributed by atoms with Gasteiger partial charge in [0.1, 0.15) is 6.61 Å². The summed E-state index contributed by atoms with van der Waals surface area (Å²) < 4.78 is 11.1. The van der Waals surface area contributed by atoms with Crippen LogP contribution in [0.2, 0.25) is 5.02 Å². The number of carbonyl (C=O) groups is 2. The Bertz CT molecular complexity index is 867. The van der Waals surface area contributed by atoms with E-state index in [1.165, 1.54) is 13.3 Å². The van der Waals surface area contributed by atoms with Crippen molar-refractivity contribution in [3.05, 3.63) is 58.6 Å². The highest BCUT2D eigenvalue weighted by atomic mass is 35.5. The minimum atomic E-state index is -0.822. The molecule has 0 spiro atoms. The first-order valence-corrected chi connectivity index (χ1v) is 9.43. The van der Waals surface area contributed by atoms with Gasteiger partial charge in [-0.25, -0.2) is 5.43 Å². The van der Waals surface area contributed by atoms with E-state index in [4.69, 9.17) is 21.1 Å². The molecule has 2 aromatic rings. The number of hydrogen-bond acceptors (Lipinski definition) is 5. The Labute approximate surface area is 175 Å². The van der Waals surface area contributed by atoms with Gasteiger partial charge in [-0.05, 0) is 47.4 Å². The van der Waals surface area contributed by atoms with Gasteiger partial charge in [0.05, 0.1) is 13.3 Å². The zero-order valence-electron chi connectivity index (χ0n) is 16.6. The Hall–Kier alpha value is -3.06. The summed E-state index contributed by atoms with van der Waals surface area (Å²) in [6, 6.07) is 12.6. The quantitative estimate of drug-likeness (QED) is 0.392. The monoisotopic (exact) mass is 417 g/mol. The fourth-order valence-electron chi connectivity index (χ4n) is 2.22. The van der Waals surface area contributed by atoms with Crippen LogP contribution in [0.25, 0.3) is 0 Å². The molecule has 0 heterocycles. The SMILES string of the molecule is COc1cc(/C=N\NC(=O)C(=O)NCC(C)C)ccc1OCc1ccc(Cl)cc1. The number of nitrogens with one attached hydrogen (secondary N) is 2. The predicted octanol–water partition coefficient (Wildman–Crippen LogP) is 3.15. The average molecular weight is 418 g/mol. The van der Waals surface area contributed by atoms with E-state index in [1.807, 2.05) is 26.0 Å². The van der Waals surface area contributed by atoms with Gasteiger partial charge in [0.15, 0.2) is 11.5 Å². The molecule has 0 saturated heterocycles. The van der Waals surface area contributed by atoms with Crippen LogP contribution in [-0.4, -0.2) is 31.7 Å². The van der Waals surface area contributed by atoms with E-state index in [9.17, 15) is 9.59 Å². The molecule has 8 heteroatoms. The fraction of sp³-hybridized carbons (Fsp3) is 0.286. The number of amides is 2. The van der Waals surface area contributed by atoms with Crippen LogP contribution in [-0.2, 0) is 16.2 Å². The van der Waals surface area contributed by atoms with Crippen LogP contribution in [0.15, 0.2) is 47.6 Å². The molecule has 2 amide bonds. The largest absolute Gasteiger partial charge is 0.493 e. The van der Waals surface area contributed by atoms with Crippen molar-refractivity contribution in [3.63, 3.8) is 0 Å². The highest BCUT2D eigenvalue weighted by molar-refractivity contribution is 6.35. The molecular weight excluding hydrogens is 394 g/mol. The van der Waals surface area contributed by atoms with Gasteiger partial charge in [-0.1, -0.05) is 37.6 Å². The second kappa shape index (κ2) is 11.1. The van der Waals surface area contributed by atoms with Crippen molar-refractivity contribution < 1.29 is 19.1 Å². The molecular formula is C21H24ClN3O4. The summed E-state index contributed by atoms with van der Waals surface area (Å²) in [5.74, 6) is -0.208. The molecule has 2 N–H and O–H groups in total. The summed E-state index contributed by atoms with van der Waals surface area (Å²) in [5.41, 5.74) is 3.84. The Balaban J connectivity index is 1.93. The highest BCUT2D eigenvalue weighted by Gasteiger charge is 2.12. The number of carbonyl (C=O) groups excluding carboxylic acids is 2. The normalized spacial score (nSPS) is 10.8. The minimum absolute atomic E-state index is 0.253. The summed E-state index contributed by atoms with van der Waals surface area (Å²) in [4.78, 5) is 23.3. The predicted molar refractivity (Wildman–Crippen MR) is 112 cm³/mol. The van der Waals surface area contributed by atoms with Gasteiger partial charge < -0.3 is 14.8 Å². The topological polar surface area (TPSA) is 89.0 Å². The number of methoxy groups -OCH3 is 1. The van der Waals surface area contributed by atoms with E-state index < -0.39 is 11.8 Å². The third-order valence-electron chi connectivity index (χ3n) is 3.75. The maximum absolute atomic E-state index is 11.7. The second-order valence-corrected chi connectivity index (χ2v) is 7.06.